The van der Waals surface area contributed by atoms with E-state index < -0.39 is 0 Å². The molecule has 3 fully saturated rings. The van der Waals surface area contributed by atoms with E-state index in [9.17, 15) is 9.59 Å². The summed E-state index contributed by atoms with van der Waals surface area (Å²) < 4.78 is 6.17. The number of fused-ring (bicyclic) bond motifs is 5. The van der Waals surface area contributed by atoms with Crippen LogP contribution >= 0.6 is 37.2 Å². The molecule has 0 aromatic heterocycles. The number of unbranched alkanes of at least 4 members (excludes halogenated alkanes) is 1. The highest BCUT2D eigenvalue weighted by Crippen LogP contribution is 2.67. The molecular formula is C50H95Cl3N4O3. The molecule has 7 nitrogen and oxygen atoms in total. The fourth-order valence-corrected chi connectivity index (χ4v) is 12.5. The highest BCUT2D eigenvalue weighted by atomic mass is 35.5. The number of nitrogens with zero attached hydrogens (tertiary/aromatic N) is 1. The molecule has 0 aromatic carbocycles. The van der Waals surface area contributed by atoms with Gasteiger partial charge in [0, 0.05) is 43.4 Å². The van der Waals surface area contributed by atoms with Gasteiger partial charge in [0.05, 0.1) is 0 Å². The fraction of sp³-hybridized carbons (Fsp3) is 0.920. The molecule has 0 saturated heterocycles. The average Bonchev–Trinajstić information content (AvgIpc) is 3.55. The Kier molecular flexibility index (Phi) is 25.3. The maximum atomic E-state index is 13.6. The second-order valence-electron chi connectivity index (χ2n) is 21.0. The number of halogens is 3. The highest BCUT2D eigenvalue weighted by molar-refractivity contribution is 5.86. The molecule has 0 heterocycles. The van der Waals surface area contributed by atoms with Crippen LogP contribution < -0.4 is 16.8 Å². The molecule has 4 rings (SSSR count). The number of ether oxygens (including phenoxy) is 1. The first-order chi connectivity index (χ1) is 27.1. The number of allylic oxidation sites excluding steroid dienone is 1. The van der Waals surface area contributed by atoms with Gasteiger partial charge in [-0.2, -0.15) is 0 Å². The number of rotatable bonds is 25. The van der Waals surface area contributed by atoms with Gasteiger partial charge >= 0.3 is 5.97 Å². The van der Waals surface area contributed by atoms with Crippen LogP contribution in [0.5, 0.6) is 0 Å². The van der Waals surface area contributed by atoms with Crippen LogP contribution in [0.2, 0.25) is 0 Å². The molecule has 10 heteroatoms. The third-order valence-electron chi connectivity index (χ3n) is 17.2. The Morgan fingerprint density at radius 3 is 2.12 bits per heavy atom. The molecule has 5 N–H and O–H groups in total. The Balaban J connectivity index is 0.00000600. The van der Waals surface area contributed by atoms with E-state index in [4.69, 9.17) is 16.2 Å². The SMILES string of the molecule is CCC(N)(CC)CCNCCCCN(CCC(N)(CC)CC)C(=O)CCCC(=O)O[C@H]1CC[C@@]2(C)C(=CC[C@H]3[C@@H]4CC[C@H]([C@H](C)CCCC(C)C)[C@@]4(C)CC[C@@H]32)C1.Cl.Cl.Cl. The van der Waals surface area contributed by atoms with Gasteiger partial charge in [-0.25, -0.2) is 0 Å². The van der Waals surface area contributed by atoms with Gasteiger partial charge in [0.15, 0.2) is 0 Å². The molecule has 0 spiro atoms. The van der Waals surface area contributed by atoms with E-state index in [2.05, 4.69) is 73.7 Å². The number of carbonyl (C=O) groups is 2. The van der Waals surface area contributed by atoms with Crippen LogP contribution in [-0.2, 0) is 14.3 Å². The summed E-state index contributed by atoms with van der Waals surface area (Å²) in [7, 11) is 0. The molecule has 60 heavy (non-hydrogen) atoms. The zero-order chi connectivity index (χ0) is 41.9. The van der Waals surface area contributed by atoms with Crippen molar-refractivity contribution in [2.45, 2.75) is 221 Å². The lowest BCUT2D eigenvalue weighted by atomic mass is 9.47. The van der Waals surface area contributed by atoms with Crippen LogP contribution in [0, 0.1) is 46.3 Å². The Morgan fingerprint density at radius 2 is 1.47 bits per heavy atom. The zero-order valence-corrected chi connectivity index (χ0v) is 42.5. The van der Waals surface area contributed by atoms with Crippen molar-refractivity contribution in [3.8, 4) is 0 Å². The topological polar surface area (TPSA) is 111 Å². The Bertz CT molecular complexity index is 1290. The summed E-state index contributed by atoms with van der Waals surface area (Å²) in [5.41, 5.74) is 15.1. The lowest BCUT2D eigenvalue weighted by Crippen LogP contribution is -2.51. The Morgan fingerprint density at radius 1 is 0.800 bits per heavy atom. The van der Waals surface area contributed by atoms with Gasteiger partial charge in [0.25, 0.3) is 0 Å². The van der Waals surface area contributed by atoms with Crippen LogP contribution in [0.25, 0.3) is 0 Å². The van der Waals surface area contributed by atoms with Gasteiger partial charge in [-0.15, -0.1) is 37.2 Å². The first-order valence-corrected chi connectivity index (χ1v) is 24.5. The van der Waals surface area contributed by atoms with Crippen LogP contribution in [0.3, 0.4) is 0 Å². The fourth-order valence-electron chi connectivity index (χ4n) is 12.5. The molecule has 8 atom stereocenters. The molecule has 3 saturated carbocycles. The van der Waals surface area contributed by atoms with Gasteiger partial charge in [-0.1, -0.05) is 93.2 Å². The van der Waals surface area contributed by atoms with E-state index in [0.29, 0.717) is 31.2 Å². The molecule has 0 aliphatic heterocycles. The number of hydrogen-bond acceptors (Lipinski definition) is 6. The first-order valence-electron chi connectivity index (χ1n) is 24.5. The lowest BCUT2D eigenvalue weighted by molar-refractivity contribution is -0.151. The second-order valence-corrected chi connectivity index (χ2v) is 21.0. The van der Waals surface area contributed by atoms with Crippen molar-refractivity contribution in [2.75, 3.05) is 26.2 Å². The molecular weight excluding hydrogens is 811 g/mol. The number of carbonyl (C=O) groups excluding carboxylic acids is 2. The second kappa shape index (κ2) is 26.4. The minimum atomic E-state index is -0.246. The predicted octanol–water partition coefficient (Wildman–Crippen LogP) is 12.4. The maximum Gasteiger partial charge on any atom is 0.306 e. The molecule has 0 radical (unpaired) electrons. The van der Waals surface area contributed by atoms with Crippen molar-refractivity contribution in [1.82, 2.24) is 10.2 Å². The predicted molar refractivity (Wildman–Crippen MR) is 261 cm³/mol. The number of esters is 1. The molecule has 354 valence electrons. The molecule has 0 unspecified atom stereocenters. The third kappa shape index (κ3) is 15.0. The number of amides is 1. The van der Waals surface area contributed by atoms with Crippen molar-refractivity contribution in [3.63, 3.8) is 0 Å². The quantitative estimate of drug-likeness (QED) is 0.0478. The van der Waals surface area contributed by atoms with E-state index in [-0.39, 0.29) is 71.7 Å². The van der Waals surface area contributed by atoms with Gasteiger partial charge in [0.1, 0.15) is 6.10 Å². The van der Waals surface area contributed by atoms with Crippen molar-refractivity contribution in [2.24, 2.45) is 57.8 Å². The largest absolute Gasteiger partial charge is 0.462 e. The van der Waals surface area contributed by atoms with E-state index >= 15 is 0 Å². The summed E-state index contributed by atoms with van der Waals surface area (Å²) in [4.78, 5) is 28.8. The summed E-state index contributed by atoms with van der Waals surface area (Å²) in [5, 5.41) is 3.56. The van der Waals surface area contributed by atoms with Crippen molar-refractivity contribution in [1.29, 1.82) is 0 Å². The van der Waals surface area contributed by atoms with Crippen LogP contribution in [0.1, 0.15) is 204 Å². The first kappa shape index (κ1) is 57.4. The number of nitrogens with one attached hydrogen (secondary N) is 1. The summed E-state index contributed by atoms with van der Waals surface area (Å²) >= 11 is 0. The van der Waals surface area contributed by atoms with Crippen molar-refractivity contribution < 1.29 is 14.3 Å². The van der Waals surface area contributed by atoms with Crippen molar-refractivity contribution >= 4 is 49.1 Å². The zero-order valence-electron chi connectivity index (χ0n) is 40.1. The van der Waals surface area contributed by atoms with Gasteiger partial charge in [-0.3, -0.25) is 9.59 Å². The van der Waals surface area contributed by atoms with E-state index in [1.165, 1.54) is 51.4 Å². The average molecular weight is 907 g/mol. The Hall–Kier alpha value is -0.570. The van der Waals surface area contributed by atoms with Crippen LogP contribution in [0.15, 0.2) is 11.6 Å². The molecule has 4 aliphatic carbocycles. The Labute approximate surface area is 388 Å². The maximum absolute atomic E-state index is 13.6. The van der Waals surface area contributed by atoms with Gasteiger partial charge < -0.3 is 26.4 Å². The minimum absolute atomic E-state index is 0. The molecule has 4 aliphatic rings. The van der Waals surface area contributed by atoms with Gasteiger partial charge in [0.2, 0.25) is 5.91 Å². The van der Waals surface area contributed by atoms with E-state index in [1.807, 2.05) is 4.90 Å². The number of hydrogen-bond donors (Lipinski definition) is 3. The standard InChI is InChI=1S/C50H92N4O3.3ClH/c1-10-49(51,11-2)30-33-53-32-14-15-34-54(35-31-50(52,12-3)13-4)45(55)20-17-21-46(56)57-40-26-28-47(8)39(36-40)22-23-41-43-25-24-42(38(7)19-16-18-37(5)6)48(43,9)29-27-44(41)47;;;/h22,37-38,40-44,53H,10-21,23-36,51-52H2,1-9H3;3*1H/t38-,40+,41+,42-,43+,44+,47+,48-;;;/m1.../s1. The monoisotopic (exact) mass is 905 g/mol. The van der Waals surface area contributed by atoms with Crippen molar-refractivity contribution in [3.05, 3.63) is 11.6 Å². The minimum Gasteiger partial charge on any atom is -0.462 e. The third-order valence-corrected chi connectivity index (χ3v) is 17.2. The lowest BCUT2D eigenvalue weighted by Gasteiger charge is -2.58. The normalized spacial score (nSPS) is 27.9. The summed E-state index contributed by atoms with van der Waals surface area (Å²) in [6.07, 6.45) is 25.3. The van der Waals surface area contributed by atoms with E-state index in [1.54, 1.807) is 5.57 Å². The van der Waals surface area contributed by atoms with Gasteiger partial charge in [-0.05, 0) is 162 Å². The molecule has 0 bridgehead atoms. The summed E-state index contributed by atoms with van der Waals surface area (Å²) in [5.74, 6) is 4.98. The molecule has 0 aromatic rings. The summed E-state index contributed by atoms with van der Waals surface area (Å²) in [6, 6.07) is 0. The smallest absolute Gasteiger partial charge is 0.306 e. The summed E-state index contributed by atoms with van der Waals surface area (Å²) in [6.45, 7) is 24.4. The van der Waals surface area contributed by atoms with Crippen LogP contribution in [-0.4, -0.2) is 60.1 Å². The molecule has 1 amide bonds. The number of nitrogens with two attached hydrogens (primary N) is 2. The highest BCUT2D eigenvalue weighted by Gasteiger charge is 2.59. The van der Waals surface area contributed by atoms with E-state index in [0.717, 1.165) is 126 Å². The van der Waals surface area contributed by atoms with Crippen LogP contribution in [0.4, 0.5) is 0 Å².